The van der Waals surface area contributed by atoms with Crippen LogP contribution in [0.2, 0.25) is 0 Å². The summed E-state index contributed by atoms with van der Waals surface area (Å²) in [4.78, 5) is 32.5. The average Bonchev–Trinajstić information content (AvgIpc) is 2.53. The van der Waals surface area contributed by atoms with Crippen LogP contribution in [-0.4, -0.2) is 52.0 Å². The molecule has 1 aromatic rings. The van der Waals surface area contributed by atoms with Crippen LogP contribution in [-0.2, 0) is 16.1 Å². The van der Waals surface area contributed by atoms with E-state index in [9.17, 15) is 9.59 Å². The zero-order valence-corrected chi connectivity index (χ0v) is 15.0. The van der Waals surface area contributed by atoms with Gasteiger partial charge in [-0.05, 0) is 57.7 Å². The molecule has 2 amide bonds. The van der Waals surface area contributed by atoms with Crippen molar-refractivity contribution in [1.82, 2.24) is 14.8 Å². The lowest BCUT2D eigenvalue weighted by atomic mass is 10.0. The lowest BCUT2D eigenvalue weighted by Crippen LogP contribution is -2.53. The Morgan fingerprint density at radius 2 is 1.96 bits per heavy atom. The summed E-state index contributed by atoms with van der Waals surface area (Å²) in [5.41, 5.74) is 0.450. The van der Waals surface area contributed by atoms with Gasteiger partial charge in [0.05, 0.1) is 0 Å². The zero-order valence-electron chi connectivity index (χ0n) is 15.0. The number of rotatable bonds is 3. The molecule has 1 aliphatic heterocycles. The fourth-order valence-electron chi connectivity index (χ4n) is 2.82. The van der Waals surface area contributed by atoms with Crippen molar-refractivity contribution in [2.75, 3.05) is 13.6 Å². The van der Waals surface area contributed by atoms with Crippen LogP contribution < -0.4 is 0 Å². The first kappa shape index (κ1) is 18.2. The number of likely N-dealkylation sites (tertiary alicyclic amines) is 1. The maximum atomic E-state index is 12.8. The minimum absolute atomic E-state index is 0.0441. The third kappa shape index (κ3) is 4.94. The van der Waals surface area contributed by atoms with Crippen LogP contribution in [0.5, 0.6) is 0 Å². The molecular formula is C18H27N3O3. The first-order valence-electron chi connectivity index (χ1n) is 8.41. The van der Waals surface area contributed by atoms with Crippen LogP contribution in [0, 0.1) is 0 Å². The molecule has 6 nitrogen and oxygen atoms in total. The average molecular weight is 333 g/mol. The number of hydrogen-bond acceptors (Lipinski definition) is 4. The van der Waals surface area contributed by atoms with Gasteiger partial charge in [-0.1, -0.05) is 0 Å². The van der Waals surface area contributed by atoms with Crippen LogP contribution in [0.3, 0.4) is 0 Å². The molecule has 0 spiro atoms. The minimum Gasteiger partial charge on any atom is -0.444 e. The Balaban J connectivity index is 2.05. The Morgan fingerprint density at radius 3 is 2.58 bits per heavy atom. The van der Waals surface area contributed by atoms with E-state index in [-0.39, 0.29) is 5.91 Å². The highest BCUT2D eigenvalue weighted by molar-refractivity contribution is 5.85. The second kappa shape index (κ2) is 7.64. The lowest BCUT2D eigenvalue weighted by molar-refractivity contribution is -0.137. The second-order valence-corrected chi connectivity index (χ2v) is 7.24. The zero-order chi connectivity index (χ0) is 17.7. The van der Waals surface area contributed by atoms with Gasteiger partial charge >= 0.3 is 6.09 Å². The molecule has 1 aromatic heterocycles. The number of likely N-dealkylation sites (N-methyl/N-ethyl adjacent to an activating group) is 1. The van der Waals surface area contributed by atoms with Crippen molar-refractivity contribution < 1.29 is 14.3 Å². The van der Waals surface area contributed by atoms with E-state index in [0.29, 0.717) is 19.5 Å². The van der Waals surface area contributed by atoms with E-state index in [4.69, 9.17) is 4.74 Å². The van der Waals surface area contributed by atoms with Crippen molar-refractivity contribution in [3.63, 3.8) is 0 Å². The van der Waals surface area contributed by atoms with Crippen molar-refractivity contribution in [2.24, 2.45) is 0 Å². The van der Waals surface area contributed by atoms with Crippen molar-refractivity contribution in [3.05, 3.63) is 30.1 Å². The number of carbonyl (C=O) groups excluding carboxylic acids is 2. The van der Waals surface area contributed by atoms with Crippen LogP contribution in [0.4, 0.5) is 4.79 Å². The predicted molar refractivity (Wildman–Crippen MR) is 91.3 cm³/mol. The van der Waals surface area contributed by atoms with Crippen molar-refractivity contribution in [1.29, 1.82) is 0 Å². The molecular weight excluding hydrogens is 306 g/mol. The molecule has 0 radical (unpaired) electrons. The van der Waals surface area contributed by atoms with Gasteiger partial charge in [0.1, 0.15) is 11.6 Å². The Morgan fingerprint density at radius 1 is 1.29 bits per heavy atom. The van der Waals surface area contributed by atoms with E-state index in [0.717, 1.165) is 18.4 Å². The third-order valence-corrected chi connectivity index (χ3v) is 3.96. The molecule has 1 aliphatic rings. The first-order valence-corrected chi connectivity index (χ1v) is 8.41. The summed E-state index contributed by atoms with van der Waals surface area (Å²) in [7, 11) is 1.77. The van der Waals surface area contributed by atoms with E-state index < -0.39 is 17.7 Å². The van der Waals surface area contributed by atoms with Gasteiger partial charge in [-0.25, -0.2) is 4.79 Å². The fourth-order valence-corrected chi connectivity index (χ4v) is 2.82. The monoisotopic (exact) mass is 333 g/mol. The summed E-state index contributed by atoms with van der Waals surface area (Å²) in [5.74, 6) is -0.0441. The quantitative estimate of drug-likeness (QED) is 0.853. The van der Waals surface area contributed by atoms with Crippen LogP contribution in [0.15, 0.2) is 24.5 Å². The van der Waals surface area contributed by atoms with Gasteiger partial charge in [-0.3, -0.25) is 14.7 Å². The molecule has 0 aliphatic carbocycles. The van der Waals surface area contributed by atoms with Gasteiger partial charge in [-0.2, -0.15) is 0 Å². The SMILES string of the molecule is CN(Cc1ccncc1)C(=O)[C@@H]1CCCCN1C(=O)OC(C)(C)C. The third-order valence-electron chi connectivity index (χ3n) is 3.96. The summed E-state index contributed by atoms with van der Waals surface area (Å²) in [6, 6.07) is 3.33. The second-order valence-electron chi connectivity index (χ2n) is 7.24. The van der Waals surface area contributed by atoms with Gasteiger partial charge in [-0.15, -0.1) is 0 Å². The maximum Gasteiger partial charge on any atom is 0.410 e. The summed E-state index contributed by atoms with van der Waals surface area (Å²) in [6.45, 7) is 6.57. The molecule has 132 valence electrons. The number of aromatic nitrogens is 1. The summed E-state index contributed by atoms with van der Waals surface area (Å²) >= 11 is 0. The standard InChI is InChI=1S/C18H27N3O3/c1-18(2,3)24-17(23)21-12-6-5-7-15(21)16(22)20(4)13-14-8-10-19-11-9-14/h8-11,15H,5-7,12-13H2,1-4H3/t15-/m0/s1. The maximum absolute atomic E-state index is 12.8. The number of pyridine rings is 1. The van der Waals surface area contributed by atoms with Gasteiger partial charge in [0, 0.05) is 32.5 Å². The first-order chi connectivity index (χ1) is 11.3. The topological polar surface area (TPSA) is 62.7 Å². The van der Waals surface area contributed by atoms with Crippen LogP contribution in [0.1, 0.15) is 45.6 Å². The number of ether oxygens (including phenoxy) is 1. The van der Waals surface area contributed by atoms with Gasteiger partial charge in [0.2, 0.25) is 5.91 Å². The van der Waals surface area contributed by atoms with Gasteiger partial charge < -0.3 is 9.64 Å². The number of nitrogens with zero attached hydrogens (tertiary/aromatic N) is 3. The Labute approximate surface area is 143 Å². The largest absolute Gasteiger partial charge is 0.444 e. The van der Waals surface area contributed by atoms with Crippen LogP contribution >= 0.6 is 0 Å². The molecule has 0 saturated carbocycles. The molecule has 6 heteroatoms. The molecule has 2 heterocycles. The minimum atomic E-state index is -0.564. The molecule has 0 bridgehead atoms. The summed E-state index contributed by atoms with van der Waals surface area (Å²) in [6.07, 6.45) is 5.54. The lowest BCUT2D eigenvalue weighted by Gasteiger charge is -2.37. The fraction of sp³-hybridized carbons (Fsp3) is 0.611. The Hall–Kier alpha value is -2.11. The summed E-state index contributed by atoms with van der Waals surface area (Å²) in [5, 5.41) is 0. The van der Waals surface area contributed by atoms with E-state index in [2.05, 4.69) is 4.98 Å². The highest BCUT2D eigenvalue weighted by Gasteiger charge is 2.36. The Bertz CT molecular complexity index is 569. The normalized spacial score (nSPS) is 18.2. The Kier molecular flexibility index (Phi) is 5.80. The highest BCUT2D eigenvalue weighted by Crippen LogP contribution is 2.22. The molecule has 2 rings (SSSR count). The number of piperidine rings is 1. The number of hydrogen-bond donors (Lipinski definition) is 0. The van der Waals surface area contributed by atoms with Gasteiger partial charge in [0.15, 0.2) is 0 Å². The van der Waals surface area contributed by atoms with Crippen molar-refractivity contribution >= 4 is 12.0 Å². The highest BCUT2D eigenvalue weighted by atomic mass is 16.6. The van der Waals surface area contributed by atoms with Crippen molar-refractivity contribution in [2.45, 2.75) is 58.2 Å². The molecule has 1 saturated heterocycles. The predicted octanol–water partition coefficient (Wildman–Crippen LogP) is 2.83. The molecule has 0 aromatic carbocycles. The molecule has 1 atom stereocenters. The number of carbonyl (C=O) groups is 2. The van der Waals surface area contributed by atoms with Crippen LogP contribution in [0.25, 0.3) is 0 Å². The van der Waals surface area contributed by atoms with E-state index in [1.54, 1.807) is 29.2 Å². The van der Waals surface area contributed by atoms with Gasteiger partial charge in [0.25, 0.3) is 0 Å². The molecule has 24 heavy (non-hydrogen) atoms. The van der Waals surface area contributed by atoms with E-state index in [1.165, 1.54) is 0 Å². The number of amides is 2. The van der Waals surface area contributed by atoms with Crippen molar-refractivity contribution in [3.8, 4) is 0 Å². The molecule has 0 unspecified atom stereocenters. The van der Waals surface area contributed by atoms with E-state index >= 15 is 0 Å². The molecule has 0 N–H and O–H groups in total. The molecule has 1 fully saturated rings. The smallest absolute Gasteiger partial charge is 0.410 e. The van der Waals surface area contributed by atoms with E-state index in [1.807, 2.05) is 32.9 Å². The summed E-state index contributed by atoms with van der Waals surface area (Å²) < 4.78 is 5.46.